The van der Waals surface area contributed by atoms with Crippen LogP contribution >= 0.6 is 0 Å². The lowest BCUT2D eigenvalue weighted by Crippen LogP contribution is -2.52. The predicted molar refractivity (Wildman–Crippen MR) is 174 cm³/mol. The van der Waals surface area contributed by atoms with Crippen LogP contribution in [0, 0.1) is 11.3 Å². The molecule has 0 aromatic heterocycles. The molecule has 8 heteroatoms. The highest BCUT2D eigenvalue weighted by molar-refractivity contribution is 6.03. The molecule has 232 valence electrons. The minimum atomic E-state index is -1.56. The van der Waals surface area contributed by atoms with Crippen molar-refractivity contribution in [2.75, 3.05) is 19.6 Å². The van der Waals surface area contributed by atoms with Gasteiger partial charge in [0.1, 0.15) is 0 Å². The fraction of sp³-hybridized carbons (Fsp3) is 0.361. The van der Waals surface area contributed by atoms with Gasteiger partial charge in [0.2, 0.25) is 17.7 Å². The number of fused-ring (bicyclic) bond motifs is 1. The van der Waals surface area contributed by atoms with Gasteiger partial charge < -0.3 is 26.8 Å². The maximum absolute atomic E-state index is 13.9. The maximum atomic E-state index is 13.9. The summed E-state index contributed by atoms with van der Waals surface area (Å²) in [6, 6.07) is 23.7. The fourth-order valence-electron chi connectivity index (χ4n) is 6.31. The summed E-state index contributed by atoms with van der Waals surface area (Å²) >= 11 is 0. The highest BCUT2D eigenvalue weighted by Gasteiger charge is 2.49. The van der Waals surface area contributed by atoms with Crippen molar-refractivity contribution in [2.24, 2.45) is 22.8 Å². The number of carbonyl (C=O) groups excluding carboxylic acids is 3. The van der Waals surface area contributed by atoms with Crippen LogP contribution in [-0.2, 0) is 27.3 Å². The number of benzene rings is 3. The smallest absolute Gasteiger partial charge is 0.249 e. The zero-order valence-electron chi connectivity index (χ0n) is 25.7. The van der Waals surface area contributed by atoms with Gasteiger partial charge in [-0.3, -0.25) is 14.4 Å². The van der Waals surface area contributed by atoms with Crippen molar-refractivity contribution in [3.8, 4) is 0 Å². The number of carbonyl (C=O) groups is 3. The van der Waals surface area contributed by atoms with Gasteiger partial charge in [0.15, 0.2) is 0 Å². The first-order chi connectivity index (χ1) is 21.2. The van der Waals surface area contributed by atoms with E-state index in [-0.39, 0.29) is 36.4 Å². The summed E-state index contributed by atoms with van der Waals surface area (Å²) in [5.41, 5.74) is 12.8. The molecular formula is C36H44N4O4. The lowest BCUT2D eigenvalue weighted by Gasteiger charge is -2.42. The molecule has 0 heterocycles. The average Bonchev–Trinajstić information content (AvgIpc) is 3.03. The second-order valence-corrected chi connectivity index (χ2v) is 11.6. The van der Waals surface area contributed by atoms with Crippen molar-refractivity contribution < 1.29 is 19.5 Å². The second kappa shape index (κ2) is 14.9. The minimum Gasteiger partial charge on any atom is -0.391 e. The summed E-state index contributed by atoms with van der Waals surface area (Å²) < 4.78 is 0. The highest BCUT2D eigenvalue weighted by Crippen LogP contribution is 2.45. The maximum Gasteiger partial charge on any atom is 0.249 e. The van der Waals surface area contributed by atoms with E-state index in [1.54, 1.807) is 4.90 Å². The largest absolute Gasteiger partial charge is 0.391 e. The lowest BCUT2D eigenvalue weighted by molar-refractivity contribution is -0.132. The van der Waals surface area contributed by atoms with Gasteiger partial charge in [-0.25, -0.2) is 0 Å². The second-order valence-electron chi connectivity index (χ2n) is 11.6. The molecule has 1 aliphatic carbocycles. The van der Waals surface area contributed by atoms with E-state index in [1.807, 2.05) is 86.6 Å². The van der Waals surface area contributed by atoms with Crippen LogP contribution in [0.5, 0.6) is 0 Å². The molecule has 3 atom stereocenters. The molecule has 0 aliphatic heterocycles. The molecule has 0 bridgehead atoms. The molecule has 44 heavy (non-hydrogen) atoms. The molecule has 0 saturated heterocycles. The Balaban J connectivity index is 1.79. The molecule has 1 aliphatic rings. The molecule has 3 aromatic rings. The van der Waals surface area contributed by atoms with Crippen LogP contribution < -0.4 is 16.8 Å². The Bertz CT molecular complexity index is 1520. The van der Waals surface area contributed by atoms with Crippen molar-refractivity contribution in [3.05, 3.63) is 107 Å². The number of primary amides is 2. The van der Waals surface area contributed by atoms with Crippen LogP contribution in [0.2, 0.25) is 0 Å². The molecule has 8 nitrogen and oxygen atoms in total. The quantitative estimate of drug-likeness (QED) is 0.210. The van der Waals surface area contributed by atoms with E-state index in [1.165, 1.54) is 12.2 Å². The van der Waals surface area contributed by atoms with E-state index in [2.05, 4.69) is 5.32 Å². The number of nitrogens with two attached hydrogens (primary N) is 2. The van der Waals surface area contributed by atoms with Crippen molar-refractivity contribution in [1.82, 2.24) is 10.2 Å². The van der Waals surface area contributed by atoms with Crippen LogP contribution in [0.1, 0.15) is 44.2 Å². The number of amides is 3. The van der Waals surface area contributed by atoms with Crippen LogP contribution in [0.3, 0.4) is 0 Å². The monoisotopic (exact) mass is 596 g/mol. The summed E-state index contributed by atoms with van der Waals surface area (Å²) in [7, 11) is 0. The van der Waals surface area contributed by atoms with Gasteiger partial charge in [-0.1, -0.05) is 92.7 Å². The summed E-state index contributed by atoms with van der Waals surface area (Å²) in [5.74, 6) is -2.53. The third-order valence-corrected chi connectivity index (χ3v) is 8.49. The van der Waals surface area contributed by atoms with Gasteiger partial charge in [0, 0.05) is 43.2 Å². The Morgan fingerprint density at radius 3 is 2.25 bits per heavy atom. The summed E-state index contributed by atoms with van der Waals surface area (Å²) in [5, 5.41) is 17.2. The Morgan fingerprint density at radius 1 is 0.932 bits per heavy atom. The first kappa shape index (κ1) is 32.6. The highest BCUT2D eigenvalue weighted by atomic mass is 16.3. The topological polar surface area (TPSA) is 139 Å². The Morgan fingerprint density at radius 2 is 1.59 bits per heavy atom. The molecular weight excluding hydrogens is 552 g/mol. The summed E-state index contributed by atoms with van der Waals surface area (Å²) in [4.78, 5) is 41.9. The zero-order valence-corrected chi connectivity index (χ0v) is 25.7. The molecule has 3 aromatic carbocycles. The van der Waals surface area contributed by atoms with E-state index in [9.17, 15) is 19.5 Å². The SMILES string of the molecule is CCCN(CCC)C(=O)C1=CC(C(N)=O)=CC(C(N)=O)([C@H](Cc2cccc3ccccc23)[C@@H](O)CNCc2ccccc2)C1. The number of hydrogen-bond donors (Lipinski definition) is 4. The van der Waals surface area contributed by atoms with Gasteiger partial charge in [-0.05, 0) is 53.7 Å². The number of nitrogens with zero attached hydrogens (tertiary/aromatic N) is 1. The predicted octanol–water partition coefficient (Wildman–Crippen LogP) is 4.01. The molecule has 1 unspecified atom stereocenters. The van der Waals surface area contributed by atoms with Crippen LogP contribution in [-0.4, -0.2) is 53.5 Å². The van der Waals surface area contributed by atoms with Gasteiger partial charge in [0.25, 0.3) is 0 Å². The average molecular weight is 597 g/mol. The summed E-state index contributed by atoms with van der Waals surface area (Å²) in [6.07, 6.45) is 3.66. The minimum absolute atomic E-state index is 0.0405. The molecule has 6 N–H and O–H groups in total. The first-order valence-electron chi connectivity index (χ1n) is 15.4. The van der Waals surface area contributed by atoms with E-state index in [0.29, 0.717) is 19.6 Å². The van der Waals surface area contributed by atoms with Crippen molar-refractivity contribution in [3.63, 3.8) is 0 Å². The first-order valence-corrected chi connectivity index (χ1v) is 15.4. The fourth-order valence-corrected chi connectivity index (χ4v) is 6.31. The van der Waals surface area contributed by atoms with Crippen molar-refractivity contribution in [2.45, 2.75) is 52.2 Å². The van der Waals surface area contributed by atoms with Crippen molar-refractivity contribution >= 4 is 28.5 Å². The van der Waals surface area contributed by atoms with Gasteiger partial charge in [-0.2, -0.15) is 0 Å². The third kappa shape index (κ3) is 7.44. The van der Waals surface area contributed by atoms with Crippen LogP contribution in [0.15, 0.2) is 96.1 Å². The van der Waals surface area contributed by atoms with E-state index in [0.717, 1.165) is 34.7 Å². The van der Waals surface area contributed by atoms with E-state index >= 15 is 0 Å². The Hall–Kier alpha value is -4.27. The number of rotatable bonds is 15. The Kier molecular flexibility index (Phi) is 11.1. The number of aliphatic hydroxyl groups excluding tert-OH is 1. The molecule has 0 fully saturated rings. The molecule has 0 radical (unpaired) electrons. The molecule has 4 rings (SSSR count). The number of aliphatic hydroxyl groups is 1. The van der Waals surface area contributed by atoms with Crippen LogP contribution in [0.25, 0.3) is 10.8 Å². The Labute approximate surface area is 259 Å². The van der Waals surface area contributed by atoms with Gasteiger partial charge >= 0.3 is 0 Å². The van der Waals surface area contributed by atoms with E-state index in [4.69, 9.17) is 11.5 Å². The van der Waals surface area contributed by atoms with Crippen LogP contribution in [0.4, 0.5) is 0 Å². The molecule has 0 saturated carbocycles. The zero-order chi connectivity index (χ0) is 31.7. The standard InChI is InChI=1S/C36H44N4O4/c1-3-17-40(18-4-2)34(43)29-19-28(33(37)42)21-36(22-29,35(38)44)31(32(41)24-39-23-25-11-6-5-7-12-25)20-27-15-10-14-26-13-8-9-16-30(26)27/h5-16,19,21,31-32,39,41H,3-4,17-18,20,22-24H2,1-2H3,(H2,37,42)(H2,38,44)/t31-,32+,36?/m1/s1. The number of hydrogen-bond acceptors (Lipinski definition) is 5. The summed E-state index contributed by atoms with van der Waals surface area (Å²) in [6.45, 7) is 5.73. The van der Waals surface area contributed by atoms with Gasteiger partial charge in [-0.15, -0.1) is 0 Å². The lowest BCUT2D eigenvalue weighted by atomic mass is 9.63. The van der Waals surface area contributed by atoms with Gasteiger partial charge in [0.05, 0.1) is 11.5 Å². The molecule has 0 spiro atoms. The third-order valence-electron chi connectivity index (χ3n) is 8.49. The normalized spacial score (nSPS) is 17.8. The number of nitrogens with one attached hydrogen (secondary N) is 1. The molecule has 3 amide bonds. The van der Waals surface area contributed by atoms with Crippen molar-refractivity contribution in [1.29, 1.82) is 0 Å². The van der Waals surface area contributed by atoms with E-state index < -0.39 is 29.3 Å².